The number of hydrogen-bond acceptors (Lipinski definition) is 5. The van der Waals surface area contributed by atoms with Crippen LogP contribution in [0.1, 0.15) is 15.9 Å². The maximum absolute atomic E-state index is 12.9. The van der Waals surface area contributed by atoms with Gasteiger partial charge in [-0.2, -0.15) is 5.26 Å². The molecule has 0 radical (unpaired) electrons. The van der Waals surface area contributed by atoms with Crippen molar-refractivity contribution in [3.8, 4) is 6.07 Å². The lowest BCUT2D eigenvalue weighted by Crippen LogP contribution is -2.13. The molecule has 7 heteroatoms. The number of carbonyl (C=O) groups is 1. The number of hydrogen-bond donors (Lipinski definition) is 2. The van der Waals surface area contributed by atoms with Gasteiger partial charge >= 0.3 is 0 Å². The van der Waals surface area contributed by atoms with Crippen molar-refractivity contribution in [1.82, 2.24) is 9.97 Å². The Labute approximate surface area is 143 Å². The second-order valence-electron chi connectivity index (χ2n) is 5.07. The Bertz CT molecular complexity index is 933. The van der Waals surface area contributed by atoms with Crippen LogP contribution in [-0.4, -0.2) is 15.9 Å². The number of nitriles is 1. The SMILES string of the molecule is N#Cc1cccc(NC(=O)c2cnc(Nc3ccc(F)cc3)nc2)c1. The molecule has 0 atom stereocenters. The highest BCUT2D eigenvalue weighted by Crippen LogP contribution is 2.14. The van der Waals surface area contributed by atoms with Crippen LogP contribution in [0, 0.1) is 17.1 Å². The first-order valence-electron chi connectivity index (χ1n) is 7.30. The summed E-state index contributed by atoms with van der Waals surface area (Å²) >= 11 is 0. The normalized spacial score (nSPS) is 9.92. The first kappa shape index (κ1) is 16.1. The Hall–Kier alpha value is -3.79. The molecule has 0 saturated carbocycles. The third kappa shape index (κ3) is 4.14. The minimum atomic E-state index is -0.386. The van der Waals surface area contributed by atoms with Crippen LogP contribution in [-0.2, 0) is 0 Å². The molecule has 25 heavy (non-hydrogen) atoms. The van der Waals surface area contributed by atoms with Crippen LogP contribution in [0.3, 0.4) is 0 Å². The third-order valence-electron chi connectivity index (χ3n) is 3.26. The van der Waals surface area contributed by atoms with Crippen molar-refractivity contribution in [1.29, 1.82) is 5.26 Å². The quantitative estimate of drug-likeness (QED) is 0.763. The molecule has 0 fully saturated rings. The number of anilines is 3. The first-order chi connectivity index (χ1) is 12.1. The molecule has 3 aromatic rings. The average molecular weight is 333 g/mol. The zero-order valence-corrected chi connectivity index (χ0v) is 12.9. The Morgan fingerprint density at radius 1 is 1.04 bits per heavy atom. The van der Waals surface area contributed by atoms with Crippen molar-refractivity contribution in [2.24, 2.45) is 0 Å². The van der Waals surface area contributed by atoms with Gasteiger partial charge in [-0.25, -0.2) is 14.4 Å². The maximum Gasteiger partial charge on any atom is 0.258 e. The molecule has 0 aliphatic rings. The molecule has 0 saturated heterocycles. The molecule has 0 bridgehead atoms. The highest BCUT2D eigenvalue weighted by molar-refractivity contribution is 6.04. The van der Waals surface area contributed by atoms with E-state index in [1.165, 1.54) is 24.5 Å². The minimum absolute atomic E-state index is 0.270. The van der Waals surface area contributed by atoms with Crippen LogP contribution in [0.15, 0.2) is 60.9 Å². The van der Waals surface area contributed by atoms with E-state index in [9.17, 15) is 9.18 Å². The predicted octanol–water partition coefficient (Wildman–Crippen LogP) is 3.48. The summed E-state index contributed by atoms with van der Waals surface area (Å²) in [4.78, 5) is 20.3. The lowest BCUT2D eigenvalue weighted by molar-refractivity contribution is 0.102. The van der Waals surface area contributed by atoms with Crippen molar-refractivity contribution in [3.63, 3.8) is 0 Å². The van der Waals surface area contributed by atoms with Crippen LogP contribution in [0.4, 0.5) is 21.7 Å². The molecule has 3 rings (SSSR count). The average Bonchev–Trinajstić information content (AvgIpc) is 2.64. The summed E-state index contributed by atoms with van der Waals surface area (Å²) in [5, 5.41) is 14.5. The molecule has 0 aliphatic heterocycles. The van der Waals surface area contributed by atoms with E-state index in [1.807, 2.05) is 6.07 Å². The van der Waals surface area contributed by atoms with Crippen LogP contribution >= 0.6 is 0 Å². The molecule has 2 N–H and O–H groups in total. The highest BCUT2D eigenvalue weighted by atomic mass is 19.1. The Morgan fingerprint density at radius 2 is 1.76 bits per heavy atom. The number of aromatic nitrogens is 2. The summed E-state index contributed by atoms with van der Waals surface area (Å²) in [6.07, 6.45) is 2.75. The Kier molecular flexibility index (Phi) is 4.62. The minimum Gasteiger partial charge on any atom is -0.324 e. The fourth-order valence-electron chi connectivity index (χ4n) is 2.04. The molecule has 6 nitrogen and oxygen atoms in total. The standard InChI is InChI=1S/C18H12FN5O/c19-14-4-6-15(7-5-14)24-18-21-10-13(11-22-18)17(25)23-16-3-1-2-12(8-16)9-20/h1-8,10-11H,(H,23,25)(H,21,22,24). The molecule has 0 aliphatic carbocycles. The largest absolute Gasteiger partial charge is 0.324 e. The smallest absolute Gasteiger partial charge is 0.258 e. The lowest BCUT2D eigenvalue weighted by Gasteiger charge is -2.07. The van der Waals surface area contributed by atoms with Gasteiger partial charge in [-0.1, -0.05) is 6.07 Å². The first-order valence-corrected chi connectivity index (χ1v) is 7.30. The summed E-state index contributed by atoms with van der Waals surface area (Å²) < 4.78 is 12.9. The van der Waals surface area contributed by atoms with Gasteiger partial charge in [0.1, 0.15) is 5.82 Å². The molecule has 1 aromatic heterocycles. The van der Waals surface area contributed by atoms with Crippen LogP contribution in [0.5, 0.6) is 0 Å². The van der Waals surface area contributed by atoms with Gasteiger partial charge in [0.05, 0.1) is 17.2 Å². The maximum atomic E-state index is 12.9. The molecule has 1 heterocycles. The number of benzene rings is 2. The van der Waals surface area contributed by atoms with E-state index >= 15 is 0 Å². The zero-order valence-electron chi connectivity index (χ0n) is 12.9. The van der Waals surface area contributed by atoms with Gasteiger partial charge < -0.3 is 10.6 Å². The van der Waals surface area contributed by atoms with Crippen LogP contribution in [0.25, 0.3) is 0 Å². The third-order valence-corrected chi connectivity index (χ3v) is 3.26. The summed E-state index contributed by atoms with van der Waals surface area (Å²) in [5.41, 5.74) is 1.87. The van der Waals surface area contributed by atoms with Gasteiger partial charge in [0.25, 0.3) is 5.91 Å². The van der Waals surface area contributed by atoms with E-state index in [1.54, 1.807) is 36.4 Å². The summed E-state index contributed by atoms with van der Waals surface area (Å²) in [6, 6.07) is 14.3. The molecule has 1 amide bonds. The molecular formula is C18H12FN5O. The fourth-order valence-corrected chi connectivity index (χ4v) is 2.04. The number of amides is 1. The summed E-state index contributed by atoms with van der Waals surface area (Å²) in [5.74, 6) is -0.433. The molecular weight excluding hydrogens is 321 g/mol. The van der Waals surface area contributed by atoms with Crippen LogP contribution in [0.2, 0.25) is 0 Å². The van der Waals surface area contributed by atoms with E-state index in [0.29, 0.717) is 16.9 Å². The highest BCUT2D eigenvalue weighted by Gasteiger charge is 2.08. The Morgan fingerprint density at radius 3 is 2.44 bits per heavy atom. The monoisotopic (exact) mass is 333 g/mol. The summed E-state index contributed by atoms with van der Waals surface area (Å²) in [6.45, 7) is 0. The van der Waals surface area contributed by atoms with Crippen LogP contribution < -0.4 is 10.6 Å². The van der Waals surface area contributed by atoms with E-state index < -0.39 is 0 Å². The molecule has 122 valence electrons. The second-order valence-corrected chi connectivity index (χ2v) is 5.07. The number of halogens is 1. The topological polar surface area (TPSA) is 90.7 Å². The predicted molar refractivity (Wildman–Crippen MR) is 90.8 cm³/mol. The van der Waals surface area contributed by atoms with E-state index in [2.05, 4.69) is 20.6 Å². The number of nitrogens with zero attached hydrogens (tertiary/aromatic N) is 3. The number of carbonyl (C=O) groups excluding carboxylic acids is 1. The zero-order chi connectivity index (χ0) is 17.6. The van der Waals surface area contributed by atoms with Crippen molar-refractivity contribution in [2.75, 3.05) is 10.6 Å². The lowest BCUT2D eigenvalue weighted by atomic mass is 10.2. The summed E-state index contributed by atoms with van der Waals surface area (Å²) in [7, 11) is 0. The van der Waals surface area contributed by atoms with Gasteiger partial charge in [0, 0.05) is 23.8 Å². The van der Waals surface area contributed by atoms with Crippen molar-refractivity contribution in [2.45, 2.75) is 0 Å². The van der Waals surface area contributed by atoms with E-state index in [4.69, 9.17) is 5.26 Å². The molecule has 0 spiro atoms. The van der Waals surface area contributed by atoms with Gasteiger partial charge in [0.15, 0.2) is 0 Å². The van der Waals surface area contributed by atoms with Crippen molar-refractivity contribution in [3.05, 3.63) is 77.9 Å². The molecule has 2 aromatic carbocycles. The molecule has 0 unspecified atom stereocenters. The number of rotatable bonds is 4. The van der Waals surface area contributed by atoms with Crippen molar-refractivity contribution >= 4 is 23.2 Å². The van der Waals surface area contributed by atoms with Gasteiger partial charge in [0.2, 0.25) is 5.95 Å². The van der Waals surface area contributed by atoms with Gasteiger partial charge in [-0.05, 0) is 42.5 Å². The fraction of sp³-hybridized carbons (Fsp3) is 0. The van der Waals surface area contributed by atoms with E-state index in [-0.39, 0.29) is 23.2 Å². The Balaban J connectivity index is 1.68. The second kappa shape index (κ2) is 7.19. The van der Waals surface area contributed by atoms with Gasteiger partial charge in [-0.15, -0.1) is 0 Å². The van der Waals surface area contributed by atoms with E-state index in [0.717, 1.165) is 0 Å². The van der Waals surface area contributed by atoms with Gasteiger partial charge in [-0.3, -0.25) is 4.79 Å². The number of nitrogens with one attached hydrogen (secondary N) is 2. The van der Waals surface area contributed by atoms with Crippen molar-refractivity contribution < 1.29 is 9.18 Å².